The van der Waals surface area contributed by atoms with Crippen LogP contribution in [0.25, 0.3) is 67.6 Å². The standard InChI is InChI=1S/C28H30N6O3.C27H28N6O4.2C25H25N7O3/c1-35-24-14-21(4-5-23(24)34-17-28(18-34)6-11-36-12-7-28)31-25-26-29-8-9-33(26)16-22(32-25)20-13-19-3-2-10-37-27(19)30-15-20;1-34-23-12-20(4-5-22(23)33-8-10-37-27(15-33)16-35-17-27)30-24-25-28-6-7-32(25)14-21(31-24)19-11-18-3-2-9-36-26(18)29-13-19;2*26-22(33)21-15-31(9-11-34-21)19-5-3-18(4-6-19)29-23-24-27-7-8-32(24)14-20(30-23)17-12-16-2-1-10-35-25(16)28-13-17/h4-5,8-9,13-16H,2-3,6-7,10-12,17-18H2,1H3,(H,31,32);4-7,11-14H,2-3,8-10,15-17H2,1H3,(H,30,31);2*3-8,12-14,21H,1-2,9-11,15H2,(H2,26,33)(H,29,30)/t;;21-;/m..1./s1. The molecule has 12 aromatic heterocycles. The molecule has 8 N–H and O–H groups in total. The summed E-state index contributed by atoms with van der Waals surface area (Å²) in [6, 6.07) is 36.8. The summed E-state index contributed by atoms with van der Waals surface area (Å²) < 4.78 is 70.0. The van der Waals surface area contributed by atoms with E-state index in [1.54, 1.807) is 51.4 Å². The number of methoxy groups -OCH3 is 2. The maximum atomic E-state index is 11.5. The first-order valence-corrected chi connectivity index (χ1v) is 48.8. The second kappa shape index (κ2) is 40.1. The number of ether oxygens (including phenoxy) is 11. The van der Waals surface area contributed by atoms with E-state index in [4.69, 9.17) is 83.5 Å². The molecule has 22 heterocycles. The zero-order valence-corrected chi connectivity index (χ0v) is 79.7. The lowest BCUT2D eigenvalue weighted by Gasteiger charge is -2.53. The van der Waals surface area contributed by atoms with Gasteiger partial charge in [0, 0.05) is 241 Å². The van der Waals surface area contributed by atoms with Crippen LogP contribution >= 0.6 is 0 Å². The van der Waals surface area contributed by atoms with Crippen molar-refractivity contribution >= 4 is 103 Å². The molecule has 2 amide bonds. The Morgan fingerprint density at radius 1 is 0.382 bits per heavy atom. The van der Waals surface area contributed by atoms with E-state index in [9.17, 15) is 9.59 Å². The van der Waals surface area contributed by atoms with Crippen molar-refractivity contribution in [3.63, 3.8) is 0 Å². The Morgan fingerprint density at radius 2 is 0.729 bits per heavy atom. The van der Waals surface area contributed by atoms with Crippen LogP contribution in [-0.4, -0.2) is 246 Å². The lowest BCUT2D eigenvalue weighted by atomic mass is 9.73. The third kappa shape index (κ3) is 19.4. The zero-order chi connectivity index (χ0) is 97.2. The Labute approximate surface area is 827 Å². The molecule has 26 rings (SSSR count). The summed E-state index contributed by atoms with van der Waals surface area (Å²) in [7, 11) is 3.43. The highest BCUT2D eigenvalue weighted by Gasteiger charge is 2.46. The zero-order valence-electron chi connectivity index (χ0n) is 79.7. The molecule has 0 saturated carbocycles. The third-order valence-electron chi connectivity index (χ3n) is 27.6. The summed E-state index contributed by atoms with van der Waals surface area (Å²) in [6.07, 6.45) is 38.7. The molecular formula is C105H108N26O13. The number of nitrogens with two attached hydrogens (primary N) is 2. The van der Waals surface area contributed by atoms with Crippen LogP contribution in [0.3, 0.4) is 0 Å². The topological polar surface area (TPSA) is 421 Å². The normalized spacial score (nSPS) is 17.9. The Hall–Kier alpha value is -16.1. The fourth-order valence-corrected chi connectivity index (χ4v) is 19.9. The first-order chi connectivity index (χ1) is 70.7. The molecule has 1 unspecified atom stereocenters. The summed E-state index contributed by atoms with van der Waals surface area (Å²) in [5.41, 5.74) is 33.1. The van der Waals surface area contributed by atoms with Gasteiger partial charge < -0.3 is 122 Å². The Bertz CT molecular complexity index is 7220. The minimum atomic E-state index is -0.591. The number of hydrogen-bond acceptors (Lipinski definition) is 33. The molecule has 6 saturated heterocycles. The van der Waals surface area contributed by atoms with E-state index < -0.39 is 24.0 Å². The van der Waals surface area contributed by atoms with Gasteiger partial charge >= 0.3 is 0 Å². The molecule has 4 aromatic carbocycles. The van der Waals surface area contributed by atoms with Gasteiger partial charge in [0.25, 0.3) is 0 Å². The van der Waals surface area contributed by atoms with Crippen molar-refractivity contribution in [2.75, 3.05) is 180 Å². The van der Waals surface area contributed by atoms with Crippen LogP contribution in [0.15, 0.2) is 208 Å². The summed E-state index contributed by atoms with van der Waals surface area (Å²) in [5, 5.41) is 13.8. The summed E-state index contributed by atoms with van der Waals surface area (Å²) in [6.45, 7) is 13.5. The highest BCUT2D eigenvalue weighted by atomic mass is 16.6. The molecule has 16 aromatic rings. The molecule has 144 heavy (non-hydrogen) atoms. The van der Waals surface area contributed by atoms with Crippen molar-refractivity contribution in [2.45, 2.75) is 82.0 Å². The van der Waals surface area contributed by atoms with Gasteiger partial charge in [-0.15, -0.1) is 0 Å². The number of pyridine rings is 4. The SMILES string of the molecule is COc1cc(Nc2nc(-c3cnc4c(c3)CCCO4)cn3ccnc23)ccc1N1CC2(CCOCC2)C1.COc1cc(Nc2nc(-c3cnc4c(c3)CCCO4)cn3ccnc23)ccc1N1CCOC2(COC2)C1.NC(=O)C1CN(c2ccc(Nc3nc(-c4cnc5c(c4)CCCO5)cn4ccnc34)cc2)CCO1.NC(=O)[C@H]1CN(c2ccc(Nc3nc(-c4cnc5c(c4)CCCO5)cn4ccnc34)cc2)CCO1. The minimum Gasteiger partial charge on any atom is -0.495 e. The minimum absolute atomic E-state index is 0.200. The largest absolute Gasteiger partial charge is 0.495 e. The first kappa shape index (κ1) is 91.7. The number of carbonyl (C=O) groups excluding carboxylic acids is 2. The van der Waals surface area contributed by atoms with E-state index in [2.05, 4.69) is 123 Å². The second-order valence-corrected chi connectivity index (χ2v) is 37.3. The molecule has 0 aliphatic carbocycles. The molecule has 39 nitrogen and oxygen atoms in total. The molecule has 2 atom stereocenters. The van der Waals surface area contributed by atoms with Crippen LogP contribution in [0.2, 0.25) is 0 Å². The van der Waals surface area contributed by atoms with Gasteiger partial charge in [-0.2, -0.15) is 0 Å². The average molecular weight is 1940 g/mol. The van der Waals surface area contributed by atoms with Crippen molar-refractivity contribution in [1.82, 2.24) is 77.4 Å². The summed E-state index contributed by atoms with van der Waals surface area (Å²) >= 11 is 0. The quantitative estimate of drug-likeness (QED) is 0.0413. The smallest absolute Gasteiger partial charge is 0.248 e. The van der Waals surface area contributed by atoms with Gasteiger partial charge in [0.15, 0.2) is 58.1 Å². The van der Waals surface area contributed by atoms with E-state index in [0.29, 0.717) is 113 Å². The number of aryl methyl sites for hydroxylation is 4. The summed E-state index contributed by atoms with van der Waals surface area (Å²) in [5.74, 6) is 6.26. The number of nitrogens with one attached hydrogen (secondary N) is 4. The number of benzene rings is 4. The molecule has 0 radical (unpaired) electrons. The number of primary amides is 2. The molecule has 39 heteroatoms. The van der Waals surface area contributed by atoms with Crippen LogP contribution in [0, 0.1) is 5.41 Å². The maximum Gasteiger partial charge on any atom is 0.248 e. The Morgan fingerprint density at radius 3 is 1.08 bits per heavy atom. The number of amides is 2. The van der Waals surface area contributed by atoms with E-state index in [0.717, 1.165) is 275 Å². The predicted molar refractivity (Wildman–Crippen MR) is 541 cm³/mol. The molecule has 6 fully saturated rings. The number of nitrogens with zero attached hydrogens (tertiary/aromatic N) is 20. The van der Waals surface area contributed by atoms with Crippen LogP contribution in [0.1, 0.15) is 60.8 Å². The lowest BCUT2D eigenvalue weighted by Crippen LogP contribution is -2.63. The molecular weight excluding hydrogens is 1830 g/mol. The van der Waals surface area contributed by atoms with Crippen LogP contribution in [0.4, 0.5) is 68.8 Å². The molecule has 736 valence electrons. The highest BCUT2D eigenvalue weighted by molar-refractivity contribution is 5.83. The molecule has 10 aliphatic heterocycles. The van der Waals surface area contributed by atoms with Gasteiger partial charge in [0.2, 0.25) is 35.3 Å². The Kier molecular flexibility index (Phi) is 25.5. The van der Waals surface area contributed by atoms with Gasteiger partial charge in [-0.3, -0.25) is 9.59 Å². The molecule has 0 bridgehead atoms. The van der Waals surface area contributed by atoms with Gasteiger partial charge in [-0.1, -0.05) is 0 Å². The van der Waals surface area contributed by atoms with Crippen molar-refractivity contribution in [3.05, 3.63) is 231 Å². The molecule has 10 aliphatic rings. The van der Waals surface area contributed by atoms with Crippen molar-refractivity contribution < 1.29 is 61.7 Å². The van der Waals surface area contributed by atoms with E-state index >= 15 is 0 Å². The van der Waals surface area contributed by atoms with Crippen LogP contribution in [0.5, 0.6) is 35.0 Å². The number of rotatable bonds is 20. The van der Waals surface area contributed by atoms with Crippen molar-refractivity contribution in [3.8, 4) is 80.0 Å². The number of imidazole rings is 4. The van der Waals surface area contributed by atoms with Crippen LogP contribution < -0.4 is 80.8 Å². The van der Waals surface area contributed by atoms with E-state index in [1.165, 1.54) is 0 Å². The second-order valence-electron chi connectivity index (χ2n) is 37.3. The number of fused-ring (bicyclic) bond motifs is 8. The predicted octanol–water partition coefficient (Wildman–Crippen LogP) is 13.1. The van der Waals surface area contributed by atoms with Crippen LogP contribution in [-0.2, 0) is 59.0 Å². The average Bonchev–Trinajstić information content (AvgIpc) is 0.877. The van der Waals surface area contributed by atoms with E-state index in [1.807, 2.05) is 146 Å². The number of morpholine rings is 3. The van der Waals surface area contributed by atoms with Gasteiger partial charge in [-0.25, -0.2) is 59.8 Å². The molecule has 2 spiro atoms. The fourth-order valence-electron chi connectivity index (χ4n) is 19.9. The number of hydrogen-bond donors (Lipinski definition) is 6. The first-order valence-electron chi connectivity index (χ1n) is 48.8. The van der Waals surface area contributed by atoms with E-state index in [-0.39, 0.29) is 5.60 Å². The number of carbonyl (C=O) groups is 2. The lowest BCUT2D eigenvalue weighted by molar-refractivity contribution is -0.211. The van der Waals surface area contributed by atoms with Gasteiger partial charge in [0.05, 0.1) is 127 Å². The monoisotopic (exact) mass is 1940 g/mol. The number of aromatic nitrogens is 16. The number of anilines is 12. The van der Waals surface area contributed by atoms with Gasteiger partial charge in [0.1, 0.15) is 17.1 Å². The highest BCUT2D eigenvalue weighted by Crippen LogP contribution is 2.47. The Balaban J connectivity index is 0.000000106. The maximum absolute atomic E-state index is 11.5. The summed E-state index contributed by atoms with van der Waals surface area (Å²) in [4.78, 5) is 87.6. The third-order valence-corrected chi connectivity index (χ3v) is 27.6. The van der Waals surface area contributed by atoms with Crippen molar-refractivity contribution in [1.29, 1.82) is 0 Å². The van der Waals surface area contributed by atoms with Gasteiger partial charge in [-0.05, 0) is 161 Å². The fraction of sp³-hybridized carbons (Fsp3) is 0.333. The van der Waals surface area contributed by atoms with Crippen molar-refractivity contribution in [2.24, 2.45) is 16.9 Å².